The van der Waals surface area contributed by atoms with Crippen LogP contribution >= 0.6 is 15.9 Å². The minimum absolute atomic E-state index is 0.229. The number of hydrogen-bond acceptors (Lipinski definition) is 2. The topological polar surface area (TPSA) is 34.1 Å². The summed E-state index contributed by atoms with van der Waals surface area (Å²) in [5.41, 5.74) is 3.16. The summed E-state index contributed by atoms with van der Waals surface area (Å²) in [4.78, 5) is 24.0. The number of hydrogen-bond donors (Lipinski definition) is 0. The third kappa shape index (κ3) is 3.52. The fourth-order valence-corrected chi connectivity index (χ4v) is 3.00. The number of carbonyl (C=O) groups is 2. The van der Waals surface area contributed by atoms with Crippen LogP contribution in [0.3, 0.4) is 0 Å². The van der Waals surface area contributed by atoms with Crippen molar-refractivity contribution < 1.29 is 9.59 Å². The van der Waals surface area contributed by atoms with Crippen LogP contribution in [0.5, 0.6) is 0 Å². The molecule has 3 rings (SSSR count). The van der Waals surface area contributed by atoms with Gasteiger partial charge in [0.25, 0.3) is 0 Å². The van der Waals surface area contributed by atoms with Crippen LogP contribution in [0, 0.1) is 0 Å². The zero-order chi connectivity index (χ0) is 16.9. The van der Waals surface area contributed by atoms with Crippen molar-refractivity contribution >= 4 is 27.5 Å². The fraction of sp³-hybridized carbons (Fsp3) is 0.0476. The van der Waals surface area contributed by atoms with Gasteiger partial charge in [-0.2, -0.15) is 0 Å². The van der Waals surface area contributed by atoms with E-state index in [1.165, 1.54) is 0 Å². The lowest BCUT2D eigenvalue weighted by Crippen LogP contribution is -2.24. The highest BCUT2D eigenvalue weighted by atomic mass is 79.9. The quantitative estimate of drug-likeness (QED) is 0.348. The molecule has 0 saturated heterocycles. The Hall–Kier alpha value is -2.52. The molecule has 1 atom stereocenters. The normalized spacial score (nSPS) is 11.7. The predicted octanol–water partition coefficient (Wildman–Crippen LogP) is 5.18. The molecule has 0 N–H and O–H groups in total. The van der Waals surface area contributed by atoms with Gasteiger partial charge in [0.1, 0.15) is 4.83 Å². The van der Waals surface area contributed by atoms with Crippen molar-refractivity contribution in [1.29, 1.82) is 0 Å². The lowest BCUT2D eigenvalue weighted by atomic mass is 9.99. The van der Waals surface area contributed by atoms with Crippen LogP contribution in [0.1, 0.15) is 20.7 Å². The Morgan fingerprint density at radius 3 is 1.54 bits per heavy atom. The van der Waals surface area contributed by atoms with E-state index in [2.05, 4.69) is 15.9 Å². The molecule has 0 amide bonds. The van der Waals surface area contributed by atoms with Gasteiger partial charge in [0.2, 0.25) is 0 Å². The van der Waals surface area contributed by atoms with E-state index in [0.717, 1.165) is 11.1 Å². The highest BCUT2D eigenvalue weighted by molar-refractivity contribution is 9.10. The molecule has 3 aromatic rings. The number of Topliss-reactive ketones (excluding diaryl/α,β-unsaturated/α-hetero) is 2. The van der Waals surface area contributed by atoms with Crippen molar-refractivity contribution in [2.24, 2.45) is 0 Å². The summed E-state index contributed by atoms with van der Waals surface area (Å²) >= 11 is 3.25. The average molecular weight is 379 g/mol. The molecule has 1 unspecified atom stereocenters. The van der Waals surface area contributed by atoms with Gasteiger partial charge in [0.05, 0.1) is 0 Å². The Bertz CT molecular complexity index is 840. The molecule has 0 spiro atoms. The largest absolute Gasteiger partial charge is 0.292 e. The third-order valence-electron chi connectivity index (χ3n) is 3.80. The fourth-order valence-electron chi connectivity index (χ4n) is 2.47. The standard InChI is InChI=1S/C21H15BrO2/c22-19(20(23)17-9-5-2-6-10-17)21(24)18-13-11-16(12-14-18)15-7-3-1-4-8-15/h1-14,19H. The van der Waals surface area contributed by atoms with Crippen LogP contribution in [0.2, 0.25) is 0 Å². The van der Waals surface area contributed by atoms with E-state index in [0.29, 0.717) is 11.1 Å². The molecule has 118 valence electrons. The second-order valence-electron chi connectivity index (χ2n) is 5.40. The average Bonchev–Trinajstić information content (AvgIpc) is 2.68. The lowest BCUT2D eigenvalue weighted by molar-refractivity contribution is 0.0906. The number of halogens is 1. The van der Waals surface area contributed by atoms with Crippen molar-refractivity contribution in [3.8, 4) is 11.1 Å². The number of rotatable bonds is 5. The van der Waals surface area contributed by atoms with Gasteiger partial charge >= 0.3 is 0 Å². The van der Waals surface area contributed by atoms with E-state index in [1.807, 2.05) is 48.5 Å². The van der Waals surface area contributed by atoms with Gasteiger partial charge in [-0.25, -0.2) is 0 Å². The Balaban J connectivity index is 1.79. The summed E-state index contributed by atoms with van der Waals surface area (Å²) in [5, 5.41) is 0. The molecule has 0 fully saturated rings. The van der Waals surface area contributed by atoms with Crippen LogP contribution in [0.15, 0.2) is 84.9 Å². The maximum atomic E-state index is 12.5. The first kappa shape index (κ1) is 16.3. The Kier molecular flexibility index (Phi) is 5.02. The SMILES string of the molecule is O=C(c1ccccc1)C(Br)C(=O)c1ccc(-c2ccccc2)cc1. The molecule has 0 aromatic heterocycles. The van der Waals surface area contributed by atoms with Crippen molar-refractivity contribution in [2.75, 3.05) is 0 Å². The van der Waals surface area contributed by atoms with Crippen molar-refractivity contribution in [3.05, 3.63) is 96.1 Å². The van der Waals surface area contributed by atoms with Gasteiger partial charge in [-0.1, -0.05) is 101 Å². The molecule has 3 heteroatoms. The molecule has 0 aliphatic rings. The molecule has 0 heterocycles. The van der Waals surface area contributed by atoms with Gasteiger partial charge in [-0.05, 0) is 11.1 Å². The summed E-state index contributed by atoms with van der Waals surface area (Å²) in [7, 11) is 0. The molecule has 24 heavy (non-hydrogen) atoms. The maximum Gasteiger partial charge on any atom is 0.184 e. The summed E-state index contributed by atoms with van der Waals surface area (Å²) in [6, 6.07) is 26.1. The zero-order valence-electron chi connectivity index (χ0n) is 12.9. The van der Waals surface area contributed by atoms with E-state index in [9.17, 15) is 9.59 Å². The van der Waals surface area contributed by atoms with Crippen LogP contribution < -0.4 is 0 Å². The second kappa shape index (κ2) is 7.37. The van der Waals surface area contributed by atoms with E-state index >= 15 is 0 Å². The minimum atomic E-state index is -0.873. The molecule has 3 aromatic carbocycles. The highest BCUT2D eigenvalue weighted by Gasteiger charge is 2.25. The molecule has 0 bridgehead atoms. The lowest BCUT2D eigenvalue weighted by Gasteiger charge is -2.09. The number of alkyl halides is 1. The molecule has 0 saturated carbocycles. The minimum Gasteiger partial charge on any atom is -0.292 e. The number of carbonyl (C=O) groups excluding carboxylic acids is 2. The first-order valence-corrected chi connectivity index (χ1v) is 8.51. The molecular formula is C21H15BrO2. The van der Waals surface area contributed by atoms with E-state index in [-0.39, 0.29) is 11.6 Å². The van der Waals surface area contributed by atoms with Crippen molar-refractivity contribution in [3.63, 3.8) is 0 Å². The van der Waals surface area contributed by atoms with Crippen LogP contribution in [-0.4, -0.2) is 16.4 Å². The van der Waals surface area contributed by atoms with Gasteiger partial charge in [-0.3, -0.25) is 9.59 Å². The molecule has 0 radical (unpaired) electrons. The summed E-state index contributed by atoms with van der Waals surface area (Å²) < 4.78 is 0. The first-order chi connectivity index (χ1) is 11.7. The van der Waals surface area contributed by atoms with Crippen molar-refractivity contribution in [1.82, 2.24) is 0 Å². The maximum absolute atomic E-state index is 12.5. The van der Waals surface area contributed by atoms with E-state index in [4.69, 9.17) is 0 Å². The predicted molar refractivity (Wildman–Crippen MR) is 99.7 cm³/mol. The zero-order valence-corrected chi connectivity index (χ0v) is 14.4. The van der Waals surface area contributed by atoms with Crippen LogP contribution in [-0.2, 0) is 0 Å². The smallest absolute Gasteiger partial charge is 0.184 e. The summed E-state index contributed by atoms with van der Waals surface area (Å²) in [6.07, 6.45) is 0. The Labute approximate surface area is 149 Å². The molecule has 0 aliphatic heterocycles. The van der Waals surface area contributed by atoms with Gasteiger partial charge in [-0.15, -0.1) is 0 Å². The number of ketones is 2. The van der Waals surface area contributed by atoms with E-state index < -0.39 is 4.83 Å². The highest BCUT2D eigenvalue weighted by Crippen LogP contribution is 2.21. The number of benzene rings is 3. The van der Waals surface area contributed by atoms with Crippen LogP contribution in [0.4, 0.5) is 0 Å². The Morgan fingerprint density at radius 2 is 1.00 bits per heavy atom. The Morgan fingerprint density at radius 1 is 0.583 bits per heavy atom. The summed E-state index contributed by atoms with van der Waals surface area (Å²) in [6.45, 7) is 0. The van der Waals surface area contributed by atoms with Crippen molar-refractivity contribution in [2.45, 2.75) is 4.83 Å². The van der Waals surface area contributed by atoms with Gasteiger partial charge in [0, 0.05) is 11.1 Å². The van der Waals surface area contributed by atoms with Gasteiger partial charge in [0.15, 0.2) is 11.6 Å². The first-order valence-electron chi connectivity index (χ1n) is 7.60. The molecule has 0 aliphatic carbocycles. The molecule has 2 nitrogen and oxygen atoms in total. The second-order valence-corrected chi connectivity index (χ2v) is 6.32. The summed E-state index contributed by atoms with van der Waals surface area (Å²) in [5.74, 6) is -0.462. The van der Waals surface area contributed by atoms with E-state index in [1.54, 1.807) is 36.4 Å². The van der Waals surface area contributed by atoms with Crippen LogP contribution in [0.25, 0.3) is 11.1 Å². The van der Waals surface area contributed by atoms with Gasteiger partial charge < -0.3 is 0 Å². The molecular weight excluding hydrogens is 364 g/mol. The monoisotopic (exact) mass is 378 g/mol. The third-order valence-corrected chi connectivity index (χ3v) is 4.63.